The van der Waals surface area contributed by atoms with E-state index in [-0.39, 0.29) is 0 Å². The average Bonchev–Trinajstić information content (AvgIpc) is 2.53. The lowest BCUT2D eigenvalue weighted by molar-refractivity contribution is 0.415. The van der Waals surface area contributed by atoms with Gasteiger partial charge < -0.3 is 4.74 Å². The van der Waals surface area contributed by atoms with Gasteiger partial charge in [-0.3, -0.25) is 4.98 Å². The zero-order valence-corrected chi connectivity index (χ0v) is 11.1. The normalized spacial score (nSPS) is 11.2. The Bertz CT molecular complexity index is 944. The Hall–Kier alpha value is -2.61. The zero-order chi connectivity index (χ0) is 13.5. The van der Waals surface area contributed by atoms with Gasteiger partial charge in [-0.15, -0.1) is 0 Å². The minimum absolute atomic E-state index is 0.873. The molecule has 96 valence electrons. The second-order valence-electron chi connectivity index (χ2n) is 4.89. The fourth-order valence-electron chi connectivity index (χ4n) is 2.77. The monoisotopic (exact) mass is 259 g/mol. The van der Waals surface area contributed by atoms with Gasteiger partial charge in [-0.05, 0) is 34.4 Å². The summed E-state index contributed by atoms with van der Waals surface area (Å²) in [6, 6.07) is 18.7. The van der Waals surface area contributed by atoms with Crippen LogP contribution in [0, 0.1) is 0 Å². The predicted molar refractivity (Wildman–Crippen MR) is 83.3 cm³/mol. The van der Waals surface area contributed by atoms with Gasteiger partial charge in [0.15, 0.2) is 0 Å². The van der Waals surface area contributed by atoms with Crippen molar-refractivity contribution in [1.82, 2.24) is 4.98 Å². The van der Waals surface area contributed by atoms with Crippen LogP contribution in [0.2, 0.25) is 0 Å². The summed E-state index contributed by atoms with van der Waals surface area (Å²) in [6.45, 7) is 0. The molecular weight excluding hydrogens is 246 g/mol. The summed E-state index contributed by atoms with van der Waals surface area (Å²) in [5, 5.41) is 5.97. The quantitative estimate of drug-likeness (QED) is 0.468. The molecule has 0 spiro atoms. The van der Waals surface area contributed by atoms with Crippen molar-refractivity contribution in [2.45, 2.75) is 0 Å². The zero-order valence-electron chi connectivity index (χ0n) is 11.1. The molecule has 3 aromatic carbocycles. The maximum atomic E-state index is 5.34. The maximum Gasteiger partial charge on any atom is 0.119 e. The minimum Gasteiger partial charge on any atom is -0.497 e. The number of aromatic nitrogens is 1. The van der Waals surface area contributed by atoms with Crippen molar-refractivity contribution in [2.75, 3.05) is 7.11 Å². The van der Waals surface area contributed by atoms with Crippen molar-refractivity contribution in [2.24, 2.45) is 0 Å². The number of rotatable bonds is 1. The average molecular weight is 259 g/mol. The molecule has 2 nitrogen and oxygen atoms in total. The minimum atomic E-state index is 0.873. The molecule has 0 N–H and O–H groups in total. The second-order valence-corrected chi connectivity index (χ2v) is 4.89. The molecule has 0 saturated carbocycles. The summed E-state index contributed by atoms with van der Waals surface area (Å²) in [5.74, 6) is 0.873. The number of hydrogen-bond acceptors (Lipinski definition) is 2. The summed E-state index contributed by atoms with van der Waals surface area (Å²) in [5.41, 5.74) is 1.03. The Balaban J connectivity index is 2.21. The molecule has 4 aromatic rings. The topological polar surface area (TPSA) is 22.1 Å². The Morgan fingerprint density at radius 3 is 2.55 bits per heavy atom. The van der Waals surface area contributed by atoms with Gasteiger partial charge in [-0.2, -0.15) is 0 Å². The lowest BCUT2D eigenvalue weighted by Gasteiger charge is -2.08. The van der Waals surface area contributed by atoms with Gasteiger partial charge in [0, 0.05) is 17.0 Å². The molecule has 0 bridgehead atoms. The van der Waals surface area contributed by atoms with Crippen LogP contribution in [0.25, 0.3) is 32.4 Å². The smallest absolute Gasteiger partial charge is 0.119 e. The maximum absolute atomic E-state index is 5.34. The highest BCUT2D eigenvalue weighted by molar-refractivity contribution is 6.16. The molecular formula is C18H13NO. The fraction of sp³-hybridized carbons (Fsp3) is 0.0556. The third-order valence-electron chi connectivity index (χ3n) is 3.80. The number of benzene rings is 3. The van der Waals surface area contributed by atoms with Crippen LogP contribution in [0.3, 0.4) is 0 Å². The standard InChI is InChI=1S/C18H13NO/c1-20-13-8-6-12-7-9-14-15-4-2-3-5-18(15)19-11-17(14)16(12)10-13/h2-11H,1H3. The van der Waals surface area contributed by atoms with Crippen molar-refractivity contribution in [3.8, 4) is 5.75 Å². The van der Waals surface area contributed by atoms with Crippen LogP contribution in [-0.4, -0.2) is 12.1 Å². The molecule has 0 radical (unpaired) electrons. The Morgan fingerprint density at radius 1 is 0.800 bits per heavy atom. The van der Waals surface area contributed by atoms with E-state index in [2.05, 4.69) is 41.4 Å². The van der Waals surface area contributed by atoms with Crippen molar-refractivity contribution in [3.05, 3.63) is 60.8 Å². The number of nitrogens with zero attached hydrogens (tertiary/aromatic N) is 1. The van der Waals surface area contributed by atoms with Gasteiger partial charge in [-0.25, -0.2) is 0 Å². The van der Waals surface area contributed by atoms with Gasteiger partial charge in [-0.1, -0.05) is 36.4 Å². The van der Waals surface area contributed by atoms with Crippen LogP contribution >= 0.6 is 0 Å². The summed E-state index contributed by atoms with van der Waals surface area (Å²) in [6.07, 6.45) is 1.96. The molecule has 0 aliphatic rings. The summed E-state index contributed by atoms with van der Waals surface area (Å²) >= 11 is 0. The molecule has 0 aliphatic heterocycles. The number of pyridine rings is 1. The molecule has 0 fully saturated rings. The van der Waals surface area contributed by atoms with Crippen molar-refractivity contribution < 1.29 is 4.74 Å². The van der Waals surface area contributed by atoms with E-state index in [4.69, 9.17) is 4.74 Å². The lowest BCUT2D eigenvalue weighted by Crippen LogP contribution is -1.86. The largest absolute Gasteiger partial charge is 0.497 e. The van der Waals surface area contributed by atoms with Gasteiger partial charge in [0.05, 0.1) is 12.6 Å². The first-order valence-corrected chi connectivity index (χ1v) is 6.61. The van der Waals surface area contributed by atoms with Crippen LogP contribution in [0.5, 0.6) is 5.75 Å². The van der Waals surface area contributed by atoms with E-state index in [9.17, 15) is 0 Å². The van der Waals surface area contributed by atoms with E-state index in [0.717, 1.165) is 11.3 Å². The Morgan fingerprint density at radius 2 is 1.65 bits per heavy atom. The Labute approximate surface area is 116 Å². The van der Waals surface area contributed by atoms with E-state index in [1.165, 1.54) is 26.9 Å². The molecule has 20 heavy (non-hydrogen) atoms. The van der Waals surface area contributed by atoms with Crippen LogP contribution in [0.1, 0.15) is 0 Å². The van der Waals surface area contributed by atoms with E-state index in [1.807, 2.05) is 24.4 Å². The molecule has 4 rings (SSSR count). The van der Waals surface area contributed by atoms with Crippen molar-refractivity contribution in [1.29, 1.82) is 0 Å². The SMILES string of the molecule is COc1ccc2ccc3c4ccccc4ncc3c2c1. The predicted octanol–water partition coefficient (Wildman–Crippen LogP) is 4.55. The highest BCUT2D eigenvalue weighted by atomic mass is 16.5. The van der Waals surface area contributed by atoms with Crippen molar-refractivity contribution >= 4 is 32.4 Å². The van der Waals surface area contributed by atoms with Gasteiger partial charge >= 0.3 is 0 Å². The van der Waals surface area contributed by atoms with Gasteiger partial charge in [0.25, 0.3) is 0 Å². The molecule has 0 unspecified atom stereocenters. The van der Waals surface area contributed by atoms with E-state index in [0.29, 0.717) is 0 Å². The summed E-state index contributed by atoms with van der Waals surface area (Å²) < 4.78 is 5.34. The number of hydrogen-bond donors (Lipinski definition) is 0. The highest BCUT2D eigenvalue weighted by Crippen LogP contribution is 2.31. The summed E-state index contributed by atoms with van der Waals surface area (Å²) in [4.78, 5) is 4.57. The first-order valence-electron chi connectivity index (χ1n) is 6.61. The van der Waals surface area contributed by atoms with Gasteiger partial charge in [0.2, 0.25) is 0 Å². The lowest BCUT2D eigenvalue weighted by atomic mass is 10.0. The highest BCUT2D eigenvalue weighted by Gasteiger charge is 2.06. The van der Waals surface area contributed by atoms with E-state index in [1.54, 1.807) is 7.11 Å². The van der Waals surface area contributed by atoms with Gasteiger partial charge in [0.1, 0.15) is 5.75 Å². The molecule has 1 heterocycles. The molecule has 0 atom stereocenters. The fourth-order valence-corrected chi connectivity index (χ4v) is 2.77. The van der Waals surface area contributed by atoms with E-state index < -0.39 is 0 Å². The second kappa shape index (κ2) is 4.20. The molecule has 1 aromatic heterocycles. The number of fused-ring (bicyclic) bond motifs is 5. The molecule has 0 saturated heterocycles. The van der Waals surface area contributed by atoms with Crippen molar-refractivity contribution in [3.63, 3.8) is 0 Å². The third-order valence-corrected chi connectivity index (χ3v) is 3.80. The number of ether oxygens (including phenoxy) is 1. The first-order chi connectivity index (χ1) is 9.86. The van der Waals surface area contributed by atoms with Crippen LogP contribution in [0.15, 0.2) is 60.8 Å². The Kier molecular flexibility index (Phi) is 2.36. The van der Waals surface area contributed by atoms with Crippen LogP contribution in [-0.2, 0) is 0 Å². The third kappa shape index (κ3) is 1.55. The molecule has 0 aliphatic carbocycles. The summed E-state index contributed by atoms with van der Waals surface area (Å²) in [7, 11) is 1.69. The van der Waals surface area contributed by atoms with Crippen LogP contribution < -0.4 is 4.74 Å². The van der Waals surface area contributed by atoms with E-state index >= 15 is 0 Å². The number of methoxy groups -OCH3 is 1. The molecule has 0 amide bonds. The number of para-hydroxylation sites is 1. The molecule has 2 heteroatoms. The van der Waals surface area contributed by atoms with Crippen LogP contribution in [0.4, 0.5) is 0 Å². The first kappa shape index (κ1) is 11.2.